The Morgan fingerprint density at radius 3 is 1.89 bits per heavy atom. The van der Waals surface area contributed by atoms with Crippen LogP contribution in [0.2, 0.25) is 0 Å². The summed E-state index contributed by atoms with van der Waals surface area (Å²) in [5.41, 5.74) is 6.59. The molecule has 10 N–H and O–H groups in total. The van der Waals surface area contributed by atoms with Gasteiger partial charge in [0.15, 0.2) is 5.96 Å². The Balaban J connectivity index is 1.31. The van der Waals surface area contributed by atoms with Crippen molar-refractivity contribution in [1.82, 2.24) is 50.2 Å². The van der Waals surface area contributed by atoms with Gasteiger partial charge in [-0.2, -0.15) is 0 Å². The summed E-state index contributed by atoms with van der Waals surface area (Å²) >= 11 is 0. The fourth-order valence-electron chi connectivity index (χ4n) is 8.84. The molecule has 2 aromatic carbocycles. The van der Waals surface area contributed by atoms with Crippen molar-refractivity contribution in [3.63, 3.8) is 0 Å². The average Bonchev–Trinajstić information content (AvgIpc) is 3.75. The minimum Gasteiger partial charge on any atom is -0.480 e. The number of carbonyl (C=O) groups is 7. The minimum absolute atomic E-state index is 0.00364. The highest BCUT2D eigenvalue weighted by molar-refractivity contribution is 6.43. The van der Waals surface area contributed by atoms with Crippen LogP contribution in [-0.2, 0) is 24.0 Å². The number of nitrogens with two attached hydrogens (primary N) is 1. The second kappa shape index (κ2) is 30.3. The van der Waals surface area contributed by atoms with Crippen molar-refractivity contribution in [1.29, 1.82) is 0 Å². The van der Waals surface area contributed by atoms with Crippen LogP contribution in [0.15, 0.2) is 41.4 Å². The third-order valence-electron chi connectivity index (χ3n) is 13.1. The Morgan fingerprint density at radius 1 is 0.767 bits per heavy atom. The van der Waals surface area contributed by atoms with Gasteiger partial charge < -0.3 is 66.7 Å². The Kier molecular flexibility index (Phi) is 24.7. The van der Waals surface area contributed by atoms with Crippen LogP contribution in [0.3, 0.4) is 0 Å². The van der Waals surface area contributed by atoms with E-state index in [1.807, 2.05) is 11.8 Å². The number of amides is 5. The molecule has 2 fully saturated rings. The molecule has 25 heteroatoms. The highest BCUT2D eigenvalue weighted by Crippen LogP contribution is 2.25. The third-order valence-corrected chi connectivity index (χ3v) is 13.1. The predicted molar refractivity (Wildman–Crippen MR) is 274 cm³/mol. The van der Waals surface area contributed by atoms with Crippen molar-refractivity contribution in [2.24, 2.45) is 10.7 Å². The number of aliphatic carboxylic acids is 2. The zero-order valence-corrected chi connectivity index (χ0v) is 42.8. The van der Waals surface area contributed by atoms with Crippen LogP contribution in [0, 0.1) is 0 Å². The van der Waals surface area contributed by atoms with Gasteiger partial charge in [-0.15, -0.1) is 0 Å². The first-order valence-electron chi connectivity index (χ1n) is 25.0. The first-order chi connectivity index (χ1) is 34.8. The molecule has 0 aliphatic carbocycles. The normalized spacial score (nSPS) is 18.3. The Bertz CT molecular complexity index is 2200. The fraction of sp³-hybridized carbons (Fsp3) is 0.625. The fourth-order valence-corrected chi connectivity index (χ4v) is 8.84. The van der Waals surface area contributed by atoms with E-state index in [2.05, 4.69) is 25.8 Å². The summed E-state index contributed by atoms with van der Waals surface area (Å²) in [6.07, 6.45) is 1.72. The summed E-state index contributed by atoms with van der Waals surface area (Å²) in [5.74, 6) is -4.75. The number of nitrogens with one attached hydrogen (secondary N) is 3. The lowest BCUT2D eigenvalue weighted by Gasteiger charge is -2.33. The number of β-amino-alcohol motifs (C(OH)–C–C–N with tert-alkyl or cyclic N) is 1. The molecule has 0 spiro atoms. The molecular formula is C48H77BN12O12. The number of nitrogens with zero attached hydrogens (tertiary/aromatic N) is 8. The van der Waals surface area contributed by atoms with E-state index in [-0.39, 0.29) is 55.9 Å². The van der Waals surface area contributed by atoms with Crippen LogP contribution in [-0.4, -0.2) is 265 Å². The number of fused-ring (bicyclic) bond motifs is 1. The summed E-state index contributed by atoms with van der Waals surface area (Å²) in [4.78, 5) is 107. The van der Waals surface area contributed by atoms with Gasteiger partial charge in [0.2, 0.25) is 17.7 Å². The summed E-state index contributed by atoms with van der Waals surface area (Å²) < 4.78 is 0. The maximum Gasteiger partial charge on any atom is 0.475 e. The number of aliphatic imine (C=N–C) groups is 1. The first-order valence-corrected chi connectivity index (χ1v) is 25.0. The Labute approximate surface area is 427 Å². The number of carboxylic acid groups (broad SMARTS) is 2. The summed E-state index contributed by atoms with van der Waals surface area (Å²) in [5, 5.41) is 57.8. The number of unbranched alkanes of at least 4 members (excludes halogenated alkanes) is 2. The average molecular weight is 1030 g/mol. The second-order valence-electron chi connectivity index (χ2n) is 18.8. The van der Waals surface area contributed by atoms with Crippen LogP contribution in [0.4, 0.5) is 0 Å². The molecule has 404 valence electrons. The molecule has 5 amide bonds. The van der Waals surface area contributed by atoms with E-state index in [0.29, 0.717) is 133 Å². The number of likely N-dealkylation sites (N-methyl/N-ethyl adjacent to an activating group) is 1. The van der Waals surface area contributed by atoms with Crippen LogP contribution in [0.5, 0.6) is 0 Å². The number of hydrogen-bond donors (Lipinski definition) is 9. The van der Waals surface area contributed by atoms with Gasteiger partial charge >= 0.3 is 19.1 Å². The molecule has 0 unspecified atom stereocenters. The number of benzene rings is 2. The third kappa shape index (κ3) is 19.8. The van der Waals surface area contributed by atoms with Gasteiger partial charge in [0.1, 0.15) is 6.04 Å². The molecule has 73 heavy (non-hydrogen) atoms. The van der Waals surface area contributed by atoms with Gasteiger partial charge in [0.25, 0.3) is 11.8 Å². The number of carboxylic acids is 2. The van der Waals surface area contributed by atoms with Crippen molar-refractivity contribution < 1.29 is 58.9 Å². The van der Waals surface area contributed by atoms with E-state index in [9.17, 15) is 58.9 Å². The molecule has 24 nitrogen and oxygen atoms in total. The minimum atomic E-state index is -1.84. The molecule has 3 atom stereocenters. The number of carbonyl (C=O) groups excluding carboxylic acids is 5. The van der Waals surface area contributed by atoms with E-state index < -0.39 is 55.5 Å². The topological polar surface area (TPSA) is 318 Å². The molecule has 2 aromatic rings. The zero-order chi connectivity index (χ0) is 53.6. The zero-order valence-electron chi connectivity index (χ0n) is 42.8. The summed E-state index contributed by atoms with van der Waals surface area (Å²) in [6, 6.07) is 9.15. The van der Waals surface area contributed by atoms with Crippen LogP contribution < -0.4 is 21.7 Å². The van der Waals surface area contributed by atoms with E-state index in [4.69, 9.17) is 5.73 Å². The van der Waals surface area contributed by atoms with Crippen LogP contribution in [0.1, 0.15) is 66.2 Å². The Morgan fingerprint density at radius 2 is 1.33 bits per heavy atom. The van der Waals surface area contributed by atoms with E-state index in [1.54, 1.807) is 71.1 Å². The molecule has 2 aliphatic rings. The van der Waals surface area contributed by atoms with Gasteiger partial charge in [-0.1, -0.05) is 31.2 Å². The number of likely N-dealkylation sites (tertiary alicyclic amines) is 1. The molecule has 2 heterocycles. The van der Waals surface area contributed by atoms with Crippen molar-refractivity contribution in [3.8, 4) is 0 Å². The molecule has 4 rings (SSSR count). The lowest BCUT2D eigenvalue weighted by Crippen LogP contribution is -2.52. The van der Waals surface area contributed by atoms with Gasteiger partial charge in [-0.05, 0) is 68.0 Å². The number of aliphatic hydroxyl groups excluding tert-OH is 1. The van der Waals surface area contributed by atoms with Crippen LogP contribution in [0.25, 0.3) is 10.8 Å². The lowest BCUT2D eigenvalue weighted by molar-refractivity contribution is -0.140. The quantitative estimate of drug-likeness (QED) is 0.0226. The van der Waals surface area contributed by atoms with Crippen molar-refractivity contribution in [3.05, 3.63) is 47.5 Å². The van der Waals surface area contributed by atoms with Crippen molar-refractivity contribution in [2.75, 3.05) is 132 Å². The molecule has 0 radical (unpaired) electrons. The summed E-state index contributed by atoms with van der Waals surface area (Å²) in [7, 11) is 3.38. The summed E-state index contributed by atoms with van der Waals surface area (Å²) in [6.45, 7) is 6.41. The SMILES string of the molecule is CCN1CCN(CC(=O)O)CCN(CC(=O)O)CCN(CC(=O)N[C@@H](CCCN=C(N)N(C)C)C(=O)NCCCCCN(C)C(=O)c2ccc(C(=O)NCC(=O)N3C[C@@H](O)C[C@H]3B(O)O)c3ccccc23)CC1. The molecule has 0 aromatic heterocycles. The molecule has 2 saturated heterocycles. The van der Waals surface area contributed by atoms with E-state index in [1.165, 1.54) is 6.07 Å². The van der Waals surface area contributed by atoms with Gasteiger partial charge in [-0.3, -0.25) is 53.3 Å². The van der Waals surface area contributed by atoms with E-state index in [0.717, 1.165) is 4.90 Å². The van der Waals surface area contributed by atoms with Gasteiger partial charge in [0, 0.05) is 111 Å². The standard InChI is InChI=1S/C48H77BN12O12/c1-5-57-20-22-58(24-25-60(33-44(67)68)27-26-59(23-21-57)32-43(65)66)31-41(63)54-39(14-11-18-52-48(50)55(2)3)46(70)51-17-9-6-10-19-56(4)47(71)38-16-15-37(35-12-7-8-13-36(35)38)45(69)53-29-42(64)61-30-34(62)28-40(61)49(72)73/h7-8,12-13,15-16,34,39-40,62,72-73H,5-6,9-11,14,17-33H2,1-4H3,(H2,50,52)(H,51,70)(H,53,69)(H,54,63)(H,65,66)(H,67,68)/t34-,39-,40-/m0/s1. The number of aliphatic hydroxyl groups is 1. The number of hydrogen-bond acceptors (Lipinski definition) is 15. The van der Waals surface area contributed by atoms with Gasteiger partial charge in [-0.25, -0.2) is 0 Å². The molecule has 0 saturated carbocycles. The number of guanidine groups is 1. The highest BCUT2D eigenvalue weighted by Gasteiger charge is 2.41. The monoisotopic (exact) mass is 1020 g/mol. The lowest BCUT2D eigenvalue weighted by atomic mass is 9.77. The molecule has 2 aliphatic heterocycles. The Hall–Kier alpha value is -5.96. The van der Waals surface area contributed by atoms with E-state index >= 15 is 0 Å². The molecule has 0 bridgehead atoms. The number of rotatable bonds is 24. The van der Waals surface area contributed by atoms with Crippen molar-refractivity contribution >= 4 is 65.3 Å². The van der Waals surface area contributed by atoms with Crippen LogP contribution >= 0.6 is 0 Å². The predicted octanol–water partition coefficient (Wildman–Crippen LogP) is -2.55. The second-order valence-corrected chi connectivity index (χ2v) is 18.8. The smallest absolute Gasteiger partial charge is 0.475 e. The molecular weight excluding hydrogens is 947 g/mol. The largest absolute Gasteiger partial charge is 0.480 e. The van der Waals surface area contributed by atoms with Gasteiger partial charge in [0.05, 0.1) is 38.2 Å². The maximum absolute atomic E-state index is 13.8. The maximum atomic E-state index is 13.8. The highest BCUT2D eigenvalue weighted by atomic mass is 16.4. The van der Waals surface area contributed by atoms with Crippen molar-refractivity contribution in [2.45, 2.75) is 63.5 Å². The first kappa shape index (κ1) is 59.6.